The third-order valence-corrected chi connectivity index (χ3v) is 7.10. The number of carbonyl (C=O) groups excluding carboxylic acids is 3. The van der Waals surface area contributed by atoms with E-state index in [4.69, 9.17) is 9.47 Å². The van der Waals surface area contributed by atoms with Gasteiger partial charge in [-0.3, -0.25) is 14.4 Å². The van der Waals surface area contributed by atoms with Crippen molar-refractivity contribution < 1.29 is 23.9 Å². The van der Waals surface area contributed by atoms with Crippen LogP contribution in [0.25, 0.3) is 0 Å². The molecule has 186 valence electrons. The van der Waals surface area contributed by atoms with Crippen molar-refractivity contribution in [1.82, 2.24) is 9.80 Å². The van der Waals surface area contributed by atoms with E-state index in [-0.39, 0.29) is 71.0 Å². The van der Waals surface area contributed by atoms with Crippen molar-refractivity contribution in [3.63, 3.8) is 0 Å². The third-order valence-electron chi connectivity index (χ3n) is 7.10. The van der Waals surface area contributed by atoms with E-state index in [9.17, 15) is 14.4 Å². The lowest BCUT2D eigenvalue weighted by Crippen LogP contribution is -2.54. The number of likely N-dealkylation sites (tertiary alicyclic amines) is 1. The molecule has 2 amide bonds. The van der Waals surface area contributed by atoms with E-state index in [0.717, 1.165) is 32.1 Å². The van der Waals surface area contributed by atoms with E-state index >= 15 is 0 Å². The van der Waals surface area contributed by atoms with Crippen molar-refractivity contribution in [2.75, 3.05) is 39.5 Å². The maximum absolute atomic E-state index is 13.6. The van der Waals surface area contributed by atoms with Crippen molar-refractivity contribution in [1.29, 1.82) is 0 Å². The van der Waals surface area contributed by atoms with E-state index in [1.807, 2.05) is 4.90 Å². The van der Waals surface area contributed by atoms with Crippen LogP contribution in [0.15, 0.2) is 0 Å². The second-order valence-corrected chi connectivity index (χ2v) is 9.07. The first-order valence-electron chi connectivity index (χ1n) is 11.4. The topological polar surface area (TPSA) is 76.2 Å². The Kier molecular flexibility index (Phi) is 12.2. The molecule has 1 aliphatic carbocycles. The Morgan fingerprint density at radius 3 is 2.34 bits per heavy atom. The van der Waals surface area contributed by atoms with E-state index in [1.54, 1.807) is 4.90 Å². The number of ketones is 1. The third kappa shape index (κ3) is 6.70. The van der Waals surface area contributed by atoms with Crippen LogP contribution in [0.3, 0.4) is 0 Å². The second-order valence-electron chi connectivity index (χ2n) is 9.07. The number of fused-ring (bicyclic) bond motifs is 1. The van der Waals surface area contributed by atoms with Crippen LogP contribution in [0.2, 0.25) is 0 Å². The fourth-order valence-electron chi connectivity index (χ4n) is 5.52. The summed E-state index contributed by atoms with van der Waals surface area (Å²) in [5.74, 6) is 0.224. The number of nitrogens with zero attached hydrogens (tertiary/aromatic N) is 2. The summed E-state index contributed by atoms with van der Waals surface area (Å²) in [6.45, 7) is 3.04. The number of ether oxygens (including phenoxy) is 2. The number of morpholine rings is 1. The molecule has 32 heavy (non-hydrogen) atoms. The Morgan fingerprint density at radius 1 is 0.969 bits per heavy atom. The van der Waals surface area contributed by atoms with Crippen molar-refractivity contribution in [2.24, 2.45) is 11.8 Å². The summed E-state index contributed by atoms with van der Waals surface area (Å²) >= 11 is 0. The number of piperidine rings is 1. The van der Waals surface area contributed by atoms with E-state index < -0.39 is 6.04 Å². The monoisotopic (exact) mass is 472 g/mol. The molecule has 3 heterocycles. The van der Waals surface area contributed by atoms with Gasteiger partial charge < -0.3 is 19.3 Å². The number of Topliss-reactive ketones (excluding diaryl/α,β-unsaturated/α-hetero) is 1. The minimum absolute atomic E-state index is 0. The van der Waals surface area contributed by atoms with Crippen molar-refractivity contribution in [3.8, 4) is 0 Å². The predicted molar refractivity (Wildman–Crippen MR) is 130 cm³/mol. The van der Waals surface area contributed by atoms with Gasteiger partial charge >= 0.3 is 0 Å². The largest absolute Gasteiger partial charge is 0.378 e. The Labute approximate surface area is 201 Å². The van der Waals surface area contributed by atoms with Gasteiger partial charge in [-0.05, 0) is 25.2 Å². The summed E-state index contributed by atoms with van der Waals surface area (Å²) in [6.07, 6.45) is 8.51. The lowest BCUT2D eigenvalue weighted by molar-refractivity contribution is -0.149. The zero-order chi connectivity index (χ0) is 20.2. The summed E-state index contributed by atoms with van der Waals surface area (Å²) in [6, 6.07) is -0.441. The van der Waals surface area contributed by atoms with Crippen molar-refractivity contribution >= 4 is 31.1 Å². The summed E-state index contributed by atoms with van der Waals surface area (Å²) in [5.41, 5.74) is 0. The van der Waals surface area contributed by atoms with Crippen molar-refractivity contribution in [3.05, 3.63) is 0 Å². The van der Waals surface area contributed by atoms with Gasteiger partial charge in [0, 0.05) is 32.0 Å². The molecule has 3 saturated heterocycles. The van der Waals surface area contributed by atoms with Gasteiger partial charge in [0.1, 0.15) is 12.6 Å². The molecule has 0 aromatic heterocycles. The number of amides is 2. The molecule has 4 rings (SSSR count). The lowest BCUT2D eigenvalue weighted by atomic mass is 9.80. The molecule has 0 spiro atoms. The molecule has 0 radical (unpaired) electrons. The molecule has 4 fully saturated rings. The molecular weight excluding hydrogens is 428 g/mol. The summed E-state index contributed by atoms with van der Waals surface area (Å²) in [5, 5.41) is 0. The van der Waals surface area contributed by atoms with Crippen LogP contribution in [0.1, 0.15) is 72.6 Å². The Morgan fingerprint density at radius 2 is 1.66 bits per heavy atom. The molecule has 8 heteroatoms. The van der Waals surface area contributed by atoms with Crippen LogP contribution >= 0.6 is 13.5 Å². The van der Waals surface area contributed by atoms with Gasteiger partial charge in [-0.1, -0.05) is 47.0 Å². The molecular formula is C24H44N2O5S. The number of carbonyl (C=O) groups is 3. The summed E-state index contributed by atoms with van der Waals surface area (Å²) in [4.78, 5) is 42.5. The van der Waals surface area contributed by atoms with Crippen LogP contribution < -0.4 is 0 Å². The first kappa shape index (κ1) is 28.9. The average Bonchev–Trinajstić information content (AvgIpc) is 3.15. The normalized spacial score (nSPS) is 26.8. The Hall–Kier alpha value is -1.12. The molecule has 0 N–H and O–H groups in total. The number of hydrogen-bond acceptors (Lipinski definition) is 5. The zero-order valence-electron chi connectivity index (χ0n) is 17.9. The fourth-order valence-corrected chi connectivity index (χ4v) is 5.52. The predicted octanol–water partition coefficient (Wildman–Crippen LogP) is 3.17. The molecule has 3 atom stereocenters. The van der Waals surface area contributed by atoms with Gasteiger partial charge in [-0.2, -0.15) is 13.5 Å². The highest BCUT2D eigenvalue weighted by Gasteiger charge is 2.46. The molecule has 0 aromatic rings. The first-order valence-corrected chi connectivity index (χ1v) is 11.4. The minimum atomic E-state index is -0.441. The second kappa shape index (κ2) is 13.6. The molecule has 0 unspecified atom stereocenters. The highest BCUT2D eigenvalue weighted by molar-refractivity contribution is 7.59. The lowest BCUT2D eigenvalue weighted by Gasteiger charge is -2.38. The molecule has 0 bridgehead atoms. The van der Waals surface area contributed by atoms with Gasteiger partial charge in [0.2, 0.25) is 11.8 Å². The molecule has 1 saturated carbocycles. The standard InChI is InChI=1S/C22H34N2O5.2CH4.H2S/c25-18-15-29-19-7-4-8-24(21(18)19)22(27)17(13-16-5-2-1-3-6-16)14-20(26)23-9-11-28-12-10-23;;;/h16-17,19,21H,1-15H2;2*1H4;1H2/t17-,19-,21-;;;/m1.../s1. The van der Waals surface area contributed by atoms with Crippen LogP contribution in [0.4, 0.5) is 0 Å². The van der Waals surface area contributed by atoms with Crippen LogP contribution in [-0.4, -0.2) is 79.0 Å². The van der Waals surface area contributed by atoms with Gasteiger partial charge in [0.25, 0.3) is 0 Å². The Balaban J connectivity index is 0.00000171. The number of hydrogen-bond donors (Lipinski definition) is 0. The van der Waals surface area contributed by atoms with Crippen LogP contribution in [-0.2, 0) is 23.9 Å². The summed E-state index contributed by atoms with van der Waals surface area (Å²) in [7, 11) is 0. The highest BCUT2D eigenvalue weighted by Crippen LogP contribution is 2.34. The van der Waals surface area contributed by atoms with Gasteiger partial charge in [-0.25, -0.2) is 0 Å². The molecule has 7 nitrogen and oxygen atoms in total. The smallest absolute Gasteiger partial charge is 0.226 e. The quantitative estimate of drug-likeness (QED) is 0.614. The SMILES string of the molecule is C.C.O=C1CO[C@@H]2CCCN(C(=O)[C@@H](CC(=O)N3CCOCC3)CC3CCCCC3)[C@H]12.S. The highest BCUT2D eigenvalue weighted by atomic mass is 32.1. The van der Waals surface area contributed by atoms with Crippen LogP contribution in [0, 0.1) is 11.8 Å². The number of rotatable bonds is 5. The first-order chi connectivity index (χ1) is 14.1. The van der Waals surface area contributed by atoms with E-state index in [0.29, 0.717) is 38.8 Å². The average molecular weight is 473 g/mol. The van der Waals surface area contributed by atoms with Gasteiger partial charge in [0.15, 0.2) is 5.78 Å². The fraction of sp³-hybridized carbons (Fsp3) is 0.875. The summed E-state index contributed by atoms with van der Waals surface area (Å²) < 4.78 is 11.0. The van der Waals surface area contributed by atoms with Gasteiger partial charge in [-0.15, -0.1) is 0 Å². The van der Waals surface area contributed by atoms with Crippen molar-refractivity contribution in [2.45, 2.75) is 84.8 Å². The molecule has 3 aliphatic heterocycles. The maximum atomic E-state index is 13.6. The van der Waals surface area contributed by atoms with E-state index in [1.165, 1.54) is 19.3 Å². The maximum Gasteiger partial charge on any atom is 0.226 e. The molecule has 4 aliphatic rings. The zero-order valence-corrected chi connectivity index (χ0v) is 18.9. The van der Waals surface area contributed by atoms with E-state index in [2.05, 4.69) is 0 Å². The minimum Gasteiger partial charge on any atom is -0.378 e. The van der Waals surface area contributed by atoms with Crippen LogP contribution in [0.5, 0.6) is 0 Å². The Bertz CT molecular complexity index is 620. The van der Waals surface area contributed by atoms with Gasteiger partial charge in [0.05, 0.1) is 19.3 Å². The molecule has 0 aromatic carbocycles.